The van der Waals surface area contributed by atoms with Gasteiger partial charge >= 0.3 is 0 Å². The third-order valence-corrected chi connectivity index (χ3v) is 5.73. The molecule has 1 fully saturated rings. The van der Waals surface area contributed by atoms with Crippen molar-refractivity contribution in [2.45, 2.75) is 12.5 Å². The molecule has 1 aromatic rings. The zero-order chi connectivity index (χ0) is 17.6. The number of ether oxygens (including phenoxy) is 2. The van der Waals surface area contributed by atoms with E-state index in [0.29, 0.717) is 36.6 Å². The summed E-state index contributed by atoms with van der Waals surface area (Å²) in [5.74, 6) is 1.53. The van der Waals surface area contributed by atoms with Crippen LogP contribution in [-0.4, -0.2) is 65.6 Å². The number of Topliss-reactive ketones (excluding diaryl/α,β-unsaturated/α-hetero) is 1. The van der Waals surface area contributed by atoms with E-state index in [-0.39, 0.29) is 29.9 Å². The molecule has 1 aliphatic heterocycles. The minimum atomic E-state index is -2.86. The lowest BCUT2D eigenvalue weighted by atomic mass is 10.1. The molecule has 2 rings (SSSR count). The van der Waals surface area contributed by atoms with Crippen molar-refractivity contribution < 1.29 is 22.7 Å². The van der Waals surface area contributed by atoms with Gasteiger partial charge in [-0.2, -0.15) is 0 Å². The smallest absolute Gasteiger partial charge is 0.176 e. The lowest BCUT2D eigenvalue weighted by Crippen LogP contribution is -2.37. The Labute approximate surface area is 142 Å². The Balaban J connectivity index is 1.72. The fourth-order valence-electron chi connectivity index (χ4n) is 2.63. The van der Waals surface area contributed by atoms with Gasteiger partial charge in [-0.15, -0.1) is 0 Å². The van der Waals surface area contributed by atoms with Crippen LogP contribution in [0.4, 0.5) is 0 Å². The Morgan fingerprint density at radius 2 is 1.96 bits per heavy atom. The van der Waals surface area contributed by atoms with E-state index in [4.69, 9.17) is 9.47 Å². The Hall–Kier alpha value is -1.64. The second kappa shape index (κ2) is 8.46. The zero-order valence-electron chi connectivity index (χ0n) is 14.0. The average Bonchev–Trinajstić information content (AvgIpc) is 2.92. The maximum atomic E-state index is 12.2. The highest BCUT2D eigenvalue weighted by molar-refractivity contribution is 7.91. The SMILES string of the molecule is COc1ccc(C(=O)CNCCN[C@H]2CCS(=O)(=O)C2)cc1OC. The van der Waals surface area contributed by atoms with Crippen molar-refractivity contribution in [2.24, 2.45) is 0 Å². The molecule has 1 aliphatic rings. The van der Waals surface area contributed by atoms with Gasteiger partial charge in [0.2, 0.25) is 0 Å². The van der Waals surface area contributed by atoms with E-state index in [9.17, 15) is 13.2 Å². The maximum Gasteiger partial charge on any atom is 0.176 e. The largest absolute Gasteiger partial charge is 0.493 e. The topological polar surface area (TPSA) is 93.7 Å². The zero-order valence-corrected chi connectivity index (χ0v) is 14.8. The summed E-state index contributed by atoms with van der Waals surface area (Å²) in [6.45, 7) is 1.43. The van der Waals surface area contributed by atoms with Gasteiger partial charge in [-0.1, -0.05) is 0 Å². The summed E-state index contributed by atoms with van der Waals surface area (Å²) >= 11 is 0. The number of nitrogens with one attached hydrogen (secondary N) is 2. The predicted molar refractivity (Wildman–Crippen MR) is 91.8 cm³/mol. The number of ketones is 1. The quantitative estimate of drug-likeness (QED) is 0.484. The number of carbonyl (C=O) groups excluding carboxylic acids is 1. The molecular formula is C16H24N2O5S. The van der Waals surface area contributed by atoms with Gasteiger partial charge in [0.15, 0.2) is 27.1 Å². The van der Waals surface area contributed by atoms with Gasteiger partial charge in [-0.25, -0.2) is 8.42 Å². The van der Waals surface area contributed by atoms with Crippen molar-refractivity contribution in [3.8, 4) is 11.5 Å². The van der Waals surface area contributed by atoms with Crippen molar-refractivity contribution in [2.75, 3.05) is 45.4 Å². The lowest BCUT2D eigenvalue weighted by molar-refractivity contribution is 0.0991. The molecule has 0 bridgehead atoms. The fraction of sp³-hybridized carbons (Fsp3) is 0.562. The van der Waals surface area contributed by atoms with Crippen molar-refractivity contribution >= 4 is 15.6 Å². The van der Waals surface area contributed by atoms with Gasteiger partial charge in [0, 0.05) is 24.7 Å². The molecule has 1 aromatic carbocycles. The van der Waals surface area contributed by atoms with Crippen LogP contribution in [0.25, 0.3) is 0 Å². The van der Waals surface area contributed by atoms with Crippen LogP contribution in [0.2, 0.25) is 0 Å². The summed E-state index contributed by atoms with van der Waals surface area (Å²) in [4.78, 5) is 12.2. The molecule has 0 saturated carbocycles. The third kappa shape index (κ3) is 5.19. The van der Waals surface area contributed by atoms with Crippen LogP contribution in [-0.2, 0) is 9.84 Å². The first-order chi connectivity index (χ1) is 11.4. The van der Waals surface area contributed by atoms with Crippen LogP contribution in [0.5, 0.6) is 11.5 Å². The molecule has 0 unspecified atom stereocenters. The highest BCUT2D eigenvalue weighted by Crippen LogP contribution is 2.27. The van der Waals surface area contributed by atoms with Crippen molar-refractivity contribution in [1.29, 1.82) is 0 Å². The van der Waals surface area contributed by atoms with E-state index in [1.54, 1.807) is 25.3 Å². The molecule has 0 spiro atoms. The summed E-state index contributed by atoms with van der Waals surface area (Å²) < 4.78 is 33.0. The van der Waals surface area contributed by atoms with Crippen molar-refractivity contribution in [3.05, 3.63) is 23.8 Å². The van der Waals surface area contributed by atoms with Crippen LogP contribution < -0.4 is 20.1 Å². The molecule has 0 aliphatic carbocycles. The number of carbonyl (C=O) groups is 1. The summed E-state index contributed by atoms with van der Waals surface area (Å²) in [5.41, 5.74) is 0.551. The van der Waals surface area contributed by atoms with Gasteiger partial charge in [0.1, 0.15) is 0 Å². The van der Waals surface area contributed by atoms with E-state index >= 15 is 0 Å². The van der Waals surface area contributed by atoms with Gasteiger partial charge in [0.05, 0.1) is 32.3 Å². The number of methoxy groups -OCH3 is 2. The number of benzene rings is 1. The van der Waals surface area contributed by atoms with Crippen LogP contribution in [0.15, 0.2) is 18.2 Å². The molecule has 0 amide bonds. The van der Waals surface area contributed by atoms with Gasteiger partial charge < -0.3 is 20.1 Å². The highest BCUT2D eigenvalue weighted by Gasteiger charge is 2.26. The Bertz CT molecular complexity index is 675. The average molecular weight is 356 g/mol. The van der Waals surface area contributed by atoms with Crippen LogP contribution in [0.3, 0.4) is 0 Å². The van der Waals surface area contributed by atoms with E-state index < -0.39 is 9.84 Å². The van der Waals surface area contributed by atoms with E-state index in [1.807, 2.05) is 0 Å². The standard InChI is InChI=1S/C16H24N2O5S/c1-22-15-4-3-12(9-16(15)23-2)14(19)10-17-6-7-18-13-5-8-24(20,21)11-13/h3-4,9,13,17-18H,5-8,10-11H2,1-2H3/t13-/m0/s1. The first-order valence-electron chi connectivity index (χ1n) is 7.85. The third-order valence-electron chi connectivity index (χ3n) is 3.96. The summed E-state index contributed by atoms with van der Waals surface area (Å²) in [6.07, 6.45) is 0.660. The van der Waals surface area contributed by atoms with Crippen LogP contribution in [0.1, 0.15) is 16.8 Å². The lowest BCUT2D eigenvalue weighted by Gasteiger charge is -2.11. The van der Waals surface area contributed by atoms with Gasteiger partial charge in [-0.3, -0.25) is 4.79 Å². The fourth-order valence-corrected chi connectivity index (χ4v) is 4.34. The Kier molecular flexibility index (Phi) is 6.59. The van der Waals surface area contributed by atoms with Crippen LogP contribution in [0, 0.1) is 0 Å². The molecule has 0 aromatic heterocycles. The predicted octanol–water partition coefficient (Wildman–Crippen LogP) is 0.253. The van der Waals surface area contributed by atoms with Crippen molar-refractivity contribution in [3.63, 3.8) is 0 Å². The number of hydrogen-bond donors (Lipinski definition) is 2. The molecular weight excluding hydrogens is 332 g/mol. The first-order valence-corrected chi connectivity index (χ1v) is 9.67. The molecule has 8 heteroatoms. The first kappa shape index (κ1) is 18.7. The number of hydrogen-bond acceptors (Lipinski definition) is 7. The maximum absolute atomic E-state index is 12.2. The highest BCUT2D eigenvalue weighted by atomic mass is 32.2. The molecule has 134 valence electrons. The minimum Gasteiger partial charge on any atom is -0.493 e. The molecule has 1 atom stereocenters. The van der Waals surface area contributed by atoms with E-state index in [2.05, 4.69) is 10.6 Å². The van der Waals surface area contributed by atoms with Crippen LogP contribution >= 0.6 is 0 Å². The summed E-state index contributed by atoms with van der Waals surface area (Å²) in [6, 6.07) is 5.09. The second-order valence-corrected chi connectivity index (χ2v) is 7.95. The summed E-state index contributed by atoms with van der Waals surface area (Å²) in [5, 5.41) is 6.26. The molecule has 0 radical (unpaired) electrons. The number of sulfone groups is 1. The molecule has 24 heavy (non-hydrogen) atoms. The monoisotopic (exact) mass is 356 g/mol. The van der Waals surface area contributed by atoms with Gasteiger partial charge in [0.25, 0.3) is 0 Å². The molecule has 1 saturated heterocycles. The summed E-state index contributed by atoms with van der Waals surface area (Å²) in [7, 11) is 0.213. The van der Waals surface area contributed by atoms with Crippen molar-refractivity contribution in [1.82, 2.24) is 10.6 Å². The molecule has 7 nitrogen and oxygen atoms in total. The minimum absolute atomic E-state index is 0.0263. The Morgan fingerprint density at radius 1 is 1.21 bits per heavy atom. The normalized spacial score (nSPS) is 19.2. The van der Waals surface area contributed by atoms with E-state index in [1.165, 1.54) is 7.11 Å². The Morgan fingerprint density at radius 3 is 2.58 bits per heavy atom. The second-order valence-electron chi connectivity index (χ2n) is 5.72. The number of rotatable bonds is 9. The molecule has 2 N–H and O–H groups in total. The molecule has 1 heterocycles. The van der Waals surface area contributed by atoms with Gasteiger partial charge in [-0.05, 0) is 24.6 Å². The van der Waals surface area contributed by atoms with E-state index in [0.717, 1.165) is 0 Å².